The molecule has 0 fully saturated rings. The van der Waals surface area contributed by atoms with Crippen molar-refractivity contribution in [2.24, 2.45) is 0 Å². The zero-order valence-corrected chi connectivity index (χ0v) is 9.87. The number of nitrogens with one attached hydrogen (secondary N) is 1. The first-order valence-corrected chi connectivity index (χ1v) is 6.00. The van der Waals surface area contributed by atoms with Gasteiger partial charge in [-0.25, -0.2) is 0 Å². The monoisotopic (exact) mass is 206 g/mol. The van der Waals surface area contributed by atoms with Gasteiger partial charge in [-0.2, -0.15) is 0 Å². The van der Waals surface area contributed by atoms with E-state index in [1.54, 1.807) is 0 Å². The largest absolute Gasteiger partial charge is 0.308 e. The quantitative estimate of drug-likeness (QED) is 0.741. The van der Waals surface area contributed by atoms with E-state index >= 15 is 0 Å². The number of unbranched alkanes of at least 4 members (excludes halogenated alkanes) is 1. The molecule has 2 nitrogen and oxygen atoms in total. The van der Waals surface area contributed by atoms with Crippen molar-refractivity contribution in [3.8, 4) is 0 Å². The Morgan fingerprint density at radius 3 is 2.80 bits per heavy atom. The molecule has 0 aromatic carbocycles. The number of nitrogens with zero attached hydrogens (tertiary/aromatic N) is 1. The van der Waals surface area contributed by atoms with Gasteiger partial charge in [0, 0.05) is 18.8 Å². The first kappa shape index (κ1) is 12.2. The Bertz CT molecular complexity index is 246. The second kappa shape index (κ2) is 7.41. The molecule has 1 atom stereocenters. The van der Waals surface area contributed by atoms with Crippen LogP contribution in [0.2, 0.25) is 0 Å². The van der Waals surface area contributed by atoms with Crippen LogP contribution in [0.4, 0.5) is 0 Å². The molecule has 0 amide bonds. The second-order valence-corrected chi connectivity index (χ2v) is 3.95. The molecule has 1 rings (SSSR count). The van der Waals surface area contributed by atoms with Crippen LogP contribution in [0, 0.1) is 0 Å². The molecule has 2 heteroatoms. The minimum Gasteiger partial charge on any atom is -0.308 e. The summed E-state index contributed by atoms with van der Waals surface area (Å²) in [6.45, 7) is 5.38. The maximum Gasteiger partial charge on any atom is 0.0541 e. The Kier molecular flexibility index (Phi) is 6.02. The molecule has 0 aliphatic heterocycles. The zero-order valence-electron chi connectivity index (χ0n) is 9.87. The molecule has 0 spiro atoms. The van der Waals surface area contributed by atoms with Crippen molar-refractivity contribution in [1.82, 2.24) is 10.3 Å². The first-order chi connectivity index (χ1) is 7.36. The molecule has 1 heterocycles. The Labute approximate surface area is 93.1 Å². The highest BCUT2D eigenvalue weighted by molar-refractivity contribution is 5.03. The van der Waals surface area contributed by atoms with E-state index in [0.29, 0.717) is 6.04 Å². The summed E-state index contributed by atoms with van der Waals surface area (Å²) >= 11 is 0. The van der Waals surface area contributed by atoms with Gasteiger partial charge in [0.05, 0.1) is 5.69 Å². The smallest absolute Gasteiger partial charge is 0.0541 e. The molecule has 0 bridgehead atoms. The van der Waals surface area contributed by atoms with Crippen LogP contribution in [0.5, 0.6) is 0 Å². The van der Waals surface area contributed by atoms with Gasteiger partial charge >= 0.3 is 0 Å². The van der Waals surface area contributed by atoms with Crippen LogP contribution >= 0.6 is 0 Å². The summed E-state index contributed by atoms with van der Waals surface area (Å²) in [4.78, 5) is 4.30. The van der Waals surface area contributed by atoms with Crippen LogP contribution in [-0.2, 0) is 6.54 Å². The fourth-order valence-corrected chi connectivity index (χ4v) is 1.65. The van der Waals surface area contributed by atoms with Gasteiger partial charge in [-0.15, -0.1) is 0 Å². The van der Waals surface area contributed by atoms with Crippen molar-refractivity contribution in [1.29, 1.82) is 0 Å². The standard InChI is InChI=1S/C13H22N2/c1-3-5-8-12(4-2)15-11-13-9-6-7-10-14-13/h6-7,9-10,12,15H,3-5,8,11H2,1-2H3/t12-/m1/s1. The van der Waals surface area contributed by atoms with Gasteiger partial charge in [-0.05, 0) is 25.0 Å². The van der Waals surface area contributed by atoms with E-state index < -0.39 is 0 Å². The molecule has 1 aromatic rings. The summed E-state index contributed by atoms with van der Waals surface area (Å²) in [6.07, 6.45) is 6.92. The van der Waals surface area contributed by atoms with Crippen molar-refractivity contribution in [2.45, 2.75) is 52.1 Å². The van der Waals surface area contributed by atoms with Gasteiger partial charge in [0.25, 0.3) is 0 Å². The van der Waals surface area contributed by atoms with Crippen molar-refractivity contribution in [3.63, 3.8) is 0 Å². The van der Waals surface area contributed by atoms with Gasteiger partial charge in [0.1, 0.15) is 0 Å². The Balaban J connectivity index is 2.28. The number of hydrogen-bond donors (Lipinski definition) is 1. The fraction of sp³-hybridized carbons (Fsp3) is 0.615. The summed E-state index contributed by atoms with van der Waals surface area (Å²) in [7, 11) is 0. The van der Waals surface area contributed by atoms with Crippen LogP contribution < -0.4 is 5.32 Å². The predicted molar refractivity (Wildman–Crippen MR) is 64.7 cm³/mol. The van der Waals surface area contributed by atoms with Crippen molar-refractivity contribution >= 4 is 0 Å². The average molecular weight is 206 g/mol. The van der Waals surface area contributed by atoms with E-state index in [1.807, 2.05) is 18.3 Å². The van der Waals surface area contributed by atoms with Gasteiger partial charge < -0.3 is 5.32 Å². The highest BCUT2D eigenvalue weighted by Gasteiger charge is 2.04. The SMILES string of the molecule is CCCC[C@@H](CC)NCc1ccccn1. The third kappa shape index (κ3) is 4.93. The molecule has 1 N–H and O–H groups in total. The maximum absolute atomic E-state index is 4.30. The van der Waals surface area contributed by atoms with Crippen LogP contribution in [0.1, 0.15) is 45.2 Å². The minimum absolute atomic E-state index is 0.645. The highest BCUT2D eigenvalue weighted by Crippen LogP contribution is 2.05. The number of rotatable bonds is 7. The third-order valence-electron chi connectivity index (χ3n) is 2.70. The Morgan fingerprint density at radius 1 is 1.33 bits per heavy atom. The van der Waals surface area contributed by atoms with E-state index in [9.17, 15) is 0 Å². The molecule has 0 radical (unpaired) electrons. The lowest BCUT2D eigenvalue weighted by atomic mass is 10.1. The van der Waals surface area contributed by atoms with Crippen LogP contribution in [0.3, 0.4) is 0 Å². The summed E-state index contributed by atoms with van der Waals surface area (Å²) in [6, 6.07) is 6.71. The summed E-state index contributed by atoms with van der Waals surface area (Å²) in [5.74, 6) is 0. The van der Waals surface area contributed by atoms with E-state index in [0.717, 1.165) is 12.2 Å². The molecule has 15 heavy (non-hydrogen) atoms. The van der Waals surface area contributed by atoms with E-state index in [4.69, 9.17) is 0 Å². The second-order valence-electron chi connectivity index (χ2n) is 3.95. The van der Waals surface area contributed by atoms with Gasteiger partial charge in [-0.1, -0.05) is 32.8 Å². The van der Waals surface area contributed by atoms with Gasteiger partial charge in [-0.3, -0.25) is 4.98 Å². The minimum atomic E-state index is 0.645. The molecule has 1 aromatic heterocycles. The van der Waals surface area contributed by atoms with Gasteiger partial charge in [0.2, 0.25) is 0 Å². The van der Waals surface area contributed by atoms with Crippen LogP contribution in [0.25, 0.3) is 0 Å². The van der Waals surface area contributed by atoms with Crippen molar-refractivity contribution in [3.05, 3.63) is 30.1 Å². The van der Waals surface area contributed by atoms with Crippen molar-refractivity contribution < 1.29 is 0 Å². The van der Waals surface area contributed by atoms with Crippen molar-refractivity contribution in [2.75, 3.05) is 0 Å². The number of aromatic nitrogens is 1. The van der Waals surface area contributed by atoms with Gasteiger partial charge in [0.15, 0.2) is 0 Å². The molecule has 84 valence electrons. The molecule has 0 aliphatic carbocycles. The molecule has 0 saturated heterocycles. The van der Waals surface area contributed by atoms with Crippen LogP contribution in [0.15, 0.2) is 24.4 Å². The summed E-state index contributed by atoms with van der Waals surface area (Å²) in [5.41, 5.74) is 1.13. The Hall–Kier alpha value is -0.890. The number of hydrogen-bond acceptors (Lipinski definition) is 2. The number of pyridine rings is 1. The maximum atomic E-state index is 4.30. The molecule has 0 aliphatic rings. The molecule has 0 unspecified atom stereocenters. The molecular formula is C13H22N2. The Morgan fingerprint density at radius 2 is 2.20 bits per heavy atom. The topological polar surface area (TPSA) is 24.9 Å². The first-order valence-electron chi connectivity index (χ1n) is 6.00. The van der Waals surface area contributed by atoms with E-state index in [1.165, 1.54) is 25.7 Å². The third-order valence-corrected chi connectivity index (χ3v) is 2.70. The lowest BCUT2D eigenvalue weighted by Crippen LogP contribution is -2.28. The fourth-order valence-electron chi connectivity index (χ4n) is 1.65. The average Bonchev–Trinajstić information content (AvgIpc) is 2.31. The lowest BCUT2D eigenvalue weighted by Gasteiger charge is -2.16. The highest BCUT2D eigenvalue weighted by atomic mass is 14.9. The normalized spacial score (nSPS) is 12.7. The predicted octanol–water partition coefficient (Wildman–Crippen LogP) is 3.14. The molecular weight excluding hydrogens is 184 g/mol. The molecule has 0 saturated carbocycles. The van der Waals surface area contributed by atoms with E-state index in [2.05, 4.69) is 30.2 Å². The zero-order chi connectivity index (χ0) is 10.9. The summed E-state index contributed by atoms with van der Waals surface area (Å²) < 4.78 is 0. The van der Waals surface area contributed by atoms with Crippen LogP contribution in [-0.4, -0.2) is 11.0 Å². The lowest BCUT2D eigenvalue weighted by molar-refractivity contribution is 0.449. The summed E-state index contributed by atoms with van der Waals surface area (Å²) in [5, 5.41) is 3.56. The van der Waals surface area contributed by atoms with E-state index in [-0.39, 0.29) is 0 Å².